The molecule has 5 rings (SSSR count). The maximum atomic E-state index is 14.5. The Morgan fingerprint density at radius 3 is 2.10 bits per heavy atom. The molecule has 51 heavy (non-hydrogen) atoms. The quantitative estimate of drug-likeness (QED) is 0.168. The van der Waals surface area contributed by atoms with Crippen molar-refractivity contribution < 1.29 is 23.9 Å². The summed E-state index contributed by atoms with van der Waals surface area (Å²) < 4.78 is 5.26. The molecule has 266 valence electrons. The molecule has 0 spiro atoms. The minimum atomic E-state index is -1.13. The van der Waals surface area contributed by atoms with E-state index in [-0.39, 0.29) is 56.9 Å². The first-order chi connectivity index (χ1) is 24.6. The number of hydrogen-bond donors (Lipinski definition) is 1. The van der Waals surface area contributed by atoms with Crippen molar-refractivity contribution in [1.29, 1.82) is 0 Å². The van der Waals surface area contributed by atoms with E-state index in [4.69, 9.17) is 33.7 Å². The molecule has 0 saturated carbocycles. The summed E-state index contributed by atoms with van der Waals surface area (Å²) in [5.41, 5.74) is 9.48. The Labute approximate surface area is 308 Å². The van der Waals surface area contributed by atoms with Crippen molar-refractivity contribution >= 4 is 46.8 Å². The third-order valence-corrected chi connectivity index (χ3v) is 9.83. The van der Waals surface area contributed by atoms with Crippen molar-refractivity contribution in [1.82, 2.24) is 14.7 Å². The molecule has 1 atom stereocenters. The van der Waals surface area contributed by atoms with Crippen LogP contribution in [-0.2, 0) is 32.0 Å². The van der Waals surface area contributed by atoms with Gasteiger partial charge in [0, 0.05) is 35.6 Å². The molecule has 4 aromatic carbocycles. The number of carbonyl (C=O) groups excluding carboxylic acids is 4. The molecular weight excluding hydrogens is 687 g/mol. The first kappa shape index (κ1) is 37.4. The number of hydrogen-bond acceptors (Lipinski definition) is 5. The first-order valence-corrected chi connectivity index (χ1v) is 17.7. The molecule has 0 bridgehead atoms. The van der Waals surface area contributed by atoms with Crippen LogP contribution in [0.5, 0.6) is 5.75 Å². The third kappa shape index (κ3) is 10.1. The second-order valence-electron chi connectivity index (χ2n) is 12.6. The fraction of sp³-hybridized carbons (Fsp3) is 0.300. The smallest absolute Gasteiger partial charge is 0.246 e. The zero-order valence-electron chi connectivity index (χ0n) is 28.5. The van der Waals surface area contributed by atoms with Crippen molar-refractivity contribution in [2.75, 3.05) is 39.8 Å². The third-order valence-electron chi connectivity index (χ3n) is 9.24. The van der Waals surface area contributed by atoms with E-state index in [9.17, 15) is 19.2 Å². The largest absolute Gasteiger partial charge is 0.497 e. The molecule has 4 amide bonds. The van der Waals surface area contributed by atoms with Crippen LogP contribution in [0.2, 0.25) is 10.0 Å². The van der Waals surface area contributed by atoms with Crippen molar-refractivity contribution in [2.24, 2.45) is 5.73 Å². The predicted octanol–water partition coefficient (Wildman–Crippen LogP) is 5.75. The number of primary amides is 1. The molecule has 1 aliphatic rings. The van der Waals surface area contributed by atoms with Gasteiger partial charge in [0.2, 0.25) is 23.6 Å². The molecule has 2 N–H and O–H groups in total. The number of carbonyl (C=O) groups is 4. The van der Waals surface area contributed by atoms with Crippen LogP contribution in [0.15, 0.2) is 103 Å². The van der Waals surface area contributed by atoms with Crippen LogP contribution in [-0.4, -0.2) is 84.2 Å². The van der Waals surface area contributed by atoms with Crippen LogP contribution >= 0.6 is 23.2 Å². The molecule has 0 aromatic heterocycles. The Morgan fingerprint density at radius 2 is 1.51 bits per heavy atom. The van der Waals surface area contributed by atoms with E-state index in [1.54, 1.807) is 25.3 Å². The molecular formula is C40H42Cl2N4O5. The fourth-order valence-electron chi connectivity index (χ4n) is 6.49. The summed E-state index contributed by atoms with van der Waals surface area (Å²) in [5, 5.41) is 0.969. The number of methoxy groups -OCH3 is 1. The number of halogens is 2. The van der Waals surface area contributed by atoms with Gasteiger partial charge in [-0.05, 0) is 65.8 Å². The maximum absolute atomic E-state index is 14.5. The minimum absolute atomic E-state index is 0.0742. The standard InChI is InChI=1S/C40H42Cl2N4O5/c1-51-33-16-12-28(13-17-33)18-21-45(26-37(43)47)40(50)36-25-38(48)44(22-19-31-14-15-32(41)24-35(31)42)27-39(49)46(36)23-20-34(29-8-4-2-5-9-29)30-10-6-3-7-11-30/h2-17,24,34,36H,18-23,25-27H2,1H3,(H2,43,47). The summed E-state index contributed by atoms with van der Waals surface area (Å²) in [6.45, 7) is 0.0424. The van der Waals surface area contributed by atoms with E-state index in [1.807, 2.05) is 84.9 Å². The Balaban J connectivity index is 1.43. The highest BCUT2D eigenvalue weighted by molar-refractivity contribution is 6.35. The van der Waals surface area contributed by atoms with Crippen LogP contribution < -0.4 is 10.5 Å². The van der Waals surface area contributed by atoms with E-state index >= 15 is 0 Å². The number of benzene rings is 4. The first-order valence-electron chi connectivity index (χ1n) is 16.9. The lowest BCUT2D eigenvalue weighted by Gasteiger charge is -2.33. The van der Waals surface area contributed by atoms with Crippen LogP contribution in [0.1, 0.15) is 41.0 Å². The Kier molecular flexibility index (Phi) is 13.1. The topological polar surface area (TPSA) is 113 Å². The summed E-state index contributed by atoms with van der Waals surface area (Å²) in [7, 11) is 1.58. The number of ether oxygens (including phenoxy) is 1. The van der Waals surface area contributed by atoms with Gasteiger partial charge < -0.3 is 25.2 Å². The van der Waals surface area contributed by atoms with Gasteiger partial charge in [-0.25, -0.2) is 0 Å². The van der Waals surface area contributed by atoms with Crippen LogP contribution in [0.25, 0.3) is 0 Å². The summed E-state index contributed by atoms with van der Waals surface area (Å²) in [6, 6.07) is 31.4. The molecule has 1 saturated heterocycles. The summed E-state index contributed by atoms with van der Waals surface area (Å²) in [5.74, 6) is -1.26. The predicted molar refractivity (Wildman–Crippen MR) is 199 cm³/mol. The minimum Gasteiger partial charge on any atom is -0.497 e. The summed E-state index contributed by atoms with van der Waals surface area (Å²) >= 11 is 12.5. The van der Waals surface area contributed by atoms with Gasteiger partial charge in [-0.3, -0.25) is 19.2 Å². The lowest BCUT2D eigenvalue weighted by atomic mass is 9.88. The van der Waals surface area contributed by atoms with Crippen LogP contribution in [0.3, 0.4) is 0 Å². The van der Waals surface area contributed by atoms with Gasteiger partial charge >= 0.3 is 0 Å². The fourth-order valence-corrected chi connectivity index (χ4v) is 7.00. The van der Waals surface area contributed by atoms with E-state index in [2.05, 4.69) is 0 Å². The Morgan fingerprint density at radius 1 is 0.863 bits per heavy atom. The highest BCUT2D eigenvalue weighted by Crippen LogP contribution is 2.30. The van der Waals surface area contributed by atoms with Crippen molar-refractivity contribution in [3.05, 3.63) is 135 Å². The number of rotatable bonds is 15. The number of nitrogens with two attached hydrogens (primary N) is 1. The molecule has 0 radical (unpaired) electrons. The van der Waals surface area contributed by atoms with E-state index in [0.717, 1.165) is 22.3 Å². The van der Waals surface area contributed by atoms with Crippen molar-refractivity contribution in [3.63, 3.8) is 0 Å². The second-order valence-corrected chi connectivity index (χ2v) is 13.4. The summed E-state index contributed by atoms with van der Waals surface area (Å²) in [4.78, 5) is 59.1. The SMILES string of the molecule is COc1ccc(CCN(CC(N)=O)C(=O)C2CC(=O)N(CCc3ccc(Cl)cc3Cl)CC(=O)N2CCC(c2ccccc2)c2ccccc2)cc1. The van der Waals surface area contributed by atoms with E-state index in [1.165, 1.54) is 14.7 Å². The average Bonchev–Trinajstić information content (AvgIpc) is 3.25. The molecule has 11 heteroatoms. The molecule has 4 aromatic rings. The van der Waals surface area contributed by atoms with Gasteiger partial charge in [0.1, 0.15) is 11.8 Å². The van der Waals surface area contributed by atoms with Crippen molar-refractivity contribution in [2.45, 2.75) is 37.6 Å². The van der Waals surface area contributed by atoms with Gasteiger partial charge in [-0.1, -0.05) is 102 Å². The second kappa shape index (κ2) is 17.9. The van der Waals surface area contributed by atoms with Gasteiger partial charge in [-0.15, -0.1) is 0 Å². The van der Waals surface area contributed by atoms with Gasteiger partial charge in [0.25, 0.3) is 0 Å². The Hall–Kier alpha value is -4.86. The zero-order chi connectivity index (χ0) is 36.3. The summed E-state index contributed by atoms with van der Waals surface area (Å²) in [6.07, 6.45) is 1.08. The Bertz CT molecular complexity index is 1770. The molecule has 1 unspecified atom stereocenters. The molecule has 1 fully saturated rings. The van der Waals surface area contributed by atoms with Gasteiger partial charge in [0.05, 0.1) is 26.6 Å². The monoisotopic (exact) mass is 728 g/mol. The lowest BCUT2D eigenvalue weighted by molar-refractivity contribution is -0.146. The van der Waals surface area contributed by atoms with Gasteiger partial charge in [-0.2, -0.15) is 0 Å². The highest BCUT2D eigenvalue weighted by Gasteiger charge is 2.40. The molecule has 9 nitrogen and oxygen atoms in total. The zero-order valence-corrected chi connectivity index (χ0v) is 30.1. The number of amides is 4. The van der Waals surface area contributed by atoms with E-state index in [0.29, 0.717) is 35.1 Å². The molecule has 0 aliphatic carbocycles. The molecule has 1 heterocycles. The normalized spacial score (nSPS) is 14.8. The highest BCUT2D eigenvalue weighted by atomic mass is 35.5. The average molecular weight is 730 g/mol. The maximum Gasteiger partial charge on any atom is 0.246 e. The van der Waals surface area contributed by atoms with E-state index < -0.39 is 17.9 Å². The number of nitrogens with zero attached hydrogens (tertiary/aromatic N) is 3. The van der Waals surface area contributed by atoms with Crippen molar-refractivity contribution in [3.8, 4) is 5.75 Å². The lowest BCUT2D eigenvalue weighted by Crippen LogP contribution is -2.53. The molecule has 1 aliphatic heterocycles. The van der Waals surface area contributed by atoms with Crippen LogP contribution in [0, 0.1) is 0 Å². The van der Waals surface area contributed by atoms with Gasteiger partial charge in [0.15, 0.2) is 0 Å². The van der Waals surface area contributed by atoms with Crippen LogP contribution in [0.4, 0.5) is 0 Å².